The number of ketones is 1. The van der Waals surface area contributed by atoms with Crippen LogP contribution in [0.3, 0.4) is 0 Å². The minimum absolute atomic E-state index is 0.00819. The molecule has 3 N–H and O–H groups in total. The van der Waals surface area contributed by atoms with Crippen LogP contribution in [0.15, 0.2) is 48.8 Å². The summed E-state index contributed by atoms with van der Waals surface area (Å²) >= 11 is 0. The molecule has 0 saturated carbocycles. The predicted molar refractivity (Wildman–Crippen MR) is 93.2 cm³/mol. The summed E-state index contributed by atoms with van der Waals surface area (Å²) in [4.78, 5) is 28.6. The number of aromatic nitrogens is 2. The molecule has 0 atom stereocenters. The lowest BCUT2D eigenvalue weighted by atomic mass is 10.1. The van der Waals surface area contributed by atoms with Gasteiger partial charge in [-0.2, -0.15) is 0 Å². The number of nitrogen functional groups attached to an aromatic ring is 1. The predicted octanol–water partition coefficient (Wildman–Crippen LogP) is 3.01. The van der Waals surface area contributed by atoms with Crippen LogP contribution in [-0.2, 0) is 0 Å². The molecule has 0 radical (unpaired) electrons. The van der Waals surface area contributed by atoms with E-state index in [1.165, 1.54) is 0 Å². The van der Waals surface area contributed by atoms with Crippen molar-refractivity contribution in [3.05, 3.63) is 60.0 Å². The van der Waals surface area contributed by atoms with Crippen LogP contribution in [0.5, 0.6) is 0 Å². The Kier molecular flexibility index (Phi) is 4.04. The van der Waals surface area contributed by atoms with Gasteiger partial charge in [0, 0.05) is 29.6 Å². The number of nitrogens with two attached hydrogens (primary N) is 1. The average molecular weight is 322 g/mol. The third-order valence-electron chi connectivity index (χ3n) is 3.66. The first-order valence-electron chi connectivity index (χ1n) is 7.64. The summed E-state index contributed by atoms with van der Waals surface area (Å²) in [6.07, 6.45) is 3.41. The molecule has 0 aliphatic carbocycles. The summed E-state index contributed by atoms with van der Waals surface area (Å²) in [5, 5.41) is 2.82. The Morgan fingerprint density at radius 2 is 1.79 bits per heavy atom. The van der Waals surface area contributed by atoms with Gasteiger partial charge in [0.2, 0.25) is 0 Å². The van der Waals surface area contributed by atoms with Crippen molar-refractivity contribution in [3.8, 4) is 0 Å². The number of carbonyl (C=O) groups is 2. The van der Waals surface area contributed by atoms with Crippen molar-refractivity contribution >= 4 is 28.7 Å². The van der Waals surface area contributed by atoms with E-state index in [4.69, 9.17) is 5.73 Å². The minimum atomic E-state index is -0.229. The zero-order valence-corrected chi connectivity index (χ0v) is 13.5. The highest BCUT2D eigenvalue weighted by Crippen LogP contribution is 2.15. The number of fused-ring (bicyclic) bond motifs is 1. The maximum atomic E-state index is 12.2. The van der Waals surface area contributed by atoms with Crippen LogP contribution >= 0.6 is 0 Å². The molecule has 6 nitrogen and oxygen atoms in total. The van der Waals surface area contributed by atoms with Gasteiger partial charge in [0.25, 0.3) is 5.91 Å². The molecule has 2 aromatic heterocycles. The quantitative estimate of drug-likeness (QED) is 0.571. The van der Waals surface area contributed by atoms with Crippen LogP contribution in [0.25, 0.3) is 5.65 Å². The number of nitrogens with zero attached hydrogens (tertiary/aromatic N) is 2. The van der Waals surface area contributed by atoms with Crippen molar-refractivity contribution in [3.63, 3.8) is 0 Å². The lowest BCUT2D eigenvalue weighted by Crippen LogP contribution is -2.12. The number of hydrogen-bond donors (Lipinski definition) is 2. The van der Waals surface area contributed by atoms with Crippen molar-refractivity contribution in [2.45, 2.75) is 13.8 Å². The Hall–Kier alpha value is -3.15. The molecule has 24 heavy (non-hydrogen) atoms. The summed E-state index contributed by atoms with van der Waals surface area (Å²) in [6.45, 7) is 3.68. The van der Waals surface area contributed by atoms with E-state index in [-0.39, 0.29) is 17.6 Å². The van der Waals surface area contributed by atoms with E-state index >= 15 is 0 Å². The molecule has 0 aliphatic rings. The van der Waals surface area contributed by atoms with Crippen molar-refractivity contribution in [2.75, 3.05) is 11.1 Å². The van der Waals surface area contributed by atoms with Crippen LogP contribution in [0.1, 0.15) is 34.7 Å². The highest BCUT2D eigenvalue weighted by Gasteiger charge is 2.14. The van der Waals surface area contributed by atoms with E-state index in [1.807, 2.05) is 13.8 Å². The van der Waals surface area contributed by atoms with Crippen LogP contribution in [0, 0.1) is 5.92 Å². The Morgan fingerprint density at radius 1 is 1.08 bits per heavy atom. The molecule has 0 spiro atoms. The third kappa shape index (κ3) is 3.12. The number of imidazole rings is 1. The molecule has 0 aliphatic heterocycles. The molecule has 3 rings (SSSR count). The number of carbonyl (C=O) groups excluding carboxylic acids is 2. The molecule has 2 heterocycles. The van der Waals surface area contributed by atoms with Crippen LogP contribution in [0.2, 0.25) is 0 Å². The van der Waals surface area contributed by atoms with E-state index in [1.54, 1.807) is 53.2 Å². The van der Waals surface area contributed by atoms with Crippen molar-refractivity contribution < 1.29 is 9.59 Å². The number of amides is 1. The number of benzene rings is 1. The monoisotopic (exact) mass is 322 g/mol. The smallest absolute Gasteiger partial charge is 0.255 e. The first-order valence-corrected chi connectivity index (χ1v) is 7.64. The first-order chi connectivity index (χ1) is 11.4. The average Bonchev–Trinajstić information content (AvgIpc) is 2.97. The SMILES string of the molecule is CC(C)C(=O)c1cn2cc(NC(=O)c3ccc(N)cc3)ccc2n1. The standard InChI is InChI=1S/C18H18N4O2/c1-11(2)17(23)15-10-22-9-14(7-8-16(22)21-15)20-18(24)12-3-5-13(19)6-4-12/h3-11H,19H2,1-2H3,(H,20,24). The first kappa shape index (κ1) is 15.7. The molecule has 0 bridgehead atoms. The molecule has 1 aromatic carbocycles. The van der Waals surface area contributed by atoms with Crippen LogP contribution in [0.4, 0.5) is 11.4 Å². The van der Waals surface area contributed by atoms with Gasteiger partial charge in [-0.05, 0) is 36.4 Å². The van der Waals surface area contributed by atoms with Gasteiger partial charge in [-0.3, -0.25) is 9.59 Å². The van der Waals surface area contributed by atoms with E-state index in [9.17, 15) is 9.59 Å². The van der Waals surface area contributed by atoms with Gasteiger partial charge in [0.05, 0.1) is 5.69 Å². The van der Waals surface area contributed by atoms with Gasteiger partial charge >= 0.3 is 0 Å². The summed E-state index contributed by atoms with van der Waals surface area (Å²) in [7, 11) is 0. The fourth-order valence-corrected chi connectivity index (χ4v) is 2.32. The zero-order valence-electron chi connectivity index (χ0n) is 13.5. The molecular weight excluding hydrogens is 304 g/mol. The number of anilines is 2. The zero-order chi connectivity index (χ0) is 17.3. The molecule has 0 unspecified atom stereocenters. The second-order valence-electron chi connectivity index (χ2n) is 5.90. The Labute approximate surface area is 139 Å². The second-order valence-corrected chi connectivity index (χ2v) is 5.90. The third-order valence-corrected chi connectivity index (χ3v) is 3.66. The van der Waals surface area contributed by atoms with E-state index in [0.717, 1.165) is 0 Å². The van der Waals surface area contributed by atoms with Gasteiger partial charge in [-0.15, -0.1) is 0 Å². The van der Waals surface area contributed by atoms with Gasteiger partial charge in [-0.1, -0.05) is 13.8 Å². The fraction of sp³-hybridized carbons (Fsp3) is 0.167. The van der Waals surface area contributed by atoms with Crippen LogP contribution < -0.4 is 11.1 Å². The summed E-state index contributed by atoms with van der Waals surface area (Å²) < 4.78 is 1.73. The van der Waals surface area contributed by atoms with Crippen molar-refractivity contribution in [1.29, 1.82) is 0 Å². The van der Waals surface area contributed by atoms with E-state index in [2.05, 4.69) is 10.3 Å². The molecule has 1 amide bonds. The molecule has 0 fully saturated rings. The maximum absolute atomic E-state index is 12.2. The molecular formula is C18H18N4O2. The van der Waals surface area contributed by atoms with Gasteiger partial charge in [-0.25, -0.2) is 4.98 Å². The minimum Gasteiger partial charge on any atom is -0.399 e. The maximum Gasteiger partial charge on any atom is 0.255 e. The summed E-state index contributed by atoms with van der Waals surface area (Å²) in [6, 6.07) is 10.2. The lowest BCUT2D eigenvalue weighted by Gasteiger charge is -2.06. The number of pyridine rings is 1. The number of nitrogens with one attached hydrogen (secondary N) is 1. The largest absolute Gasteiger partial charge is 0.399 e. The van der Waals surface area contributed by atoms with Gasteiger partial charge in [0.15, 0.2) is 5.78 Å². The Morgan fingerprint density at radius 3 is 2.46 bits per heavy atom. The van der Waals surface area contributed by atoms with Crippen molar-refractivity contribution in [2.24, 2.45) is 5.92 Å². The molecule has 0 saturated heterocycles. The van der Waals surface area contributed by atoms with Crippen LogP contribution in [-0.4, -0.2) is 21.1 Å². The normalized spacial score (nSPS) is 11.0. The highest BCUT2D eigenvalue weighted by molar-refractivity contribution is 6.04. The van der Waals surface area contributed by atoms with Crippen molar-refractivity contribution in [1.82, 2.24) is 9.38 Å². The van der Waals surface area contributed by atoms with Gasteiger partial charge < -0.3 is 15.5 Å². The Balaban J connectivity index is 1.84. The second kappa shape index (κ2) is 6.16. The summed E-state index contributed by atoms with van der Waals surface area (Å²) in [5.41, 5.74) is 8.44. The topological polar surface area (TPSA) is 89.5 Å². The molecule has 122 valence electrons. The molecule has 6 heteroatoms. The number of rotatable bonds is 4. The number of hydrogen-bond acceptors (Lipinski definition) is 4. The fourth-order valence-electron chi connectivity index (χ4n) is 2.32. The van der Waals surface area contributed by atoms with E-state index < -0.39 is 0 Å². The molecule has 3 aromatic rings. The van der Waals surface area contributed by atoms with E-state index in [0.29, 0.717) is 28.3 Å². The Bertz CT molecular complexity index is 910. The lowest BCUT2D eigenvalue weighted by molar-refractivity contribution is 0.0934. The number of Topliss-reactive ketones (excluding diaryl/α,β-unsaturated/α-hetero) is 1. The van der Waals surface area contributed by atoms with Gasteiger partial charge in [0.1, 0.15) is 11.3 Å². The highest BCUT2D eigenvalue weighted by atomic mass is 16.1. The summed E-state index contributed by atoms with van der Waals surface area (Å²) in [5.74, 6) is -0.348.